The Kier molecular flexibility index (Phi) is 3.63. The summed E-state index contributed by atoms with van der Waals surface area (Å²) in [6.45, 7) is 1.94. The molecule has 0 amide bonds. The highest BCUT2D eigenvalue weighted by molar-refractivity contribution is 7.98. The molecule has 4 nitrogen and oxygen atoms in total. The van der Waals surface area contributed by atoms with E-state index >= 15 is 0 Å². The van der Waals surface area contributed by atoms with Crippen LogP contribution in [-0.4, -0.2) is 19.9 Å². The number of thiophene rings is 1. The highest BCUT2D eigenvalue weighted by Crippen LogP contribution is 2.26. The van der Waals surface area contributed by atoms with Gasteiger partial charge in [0.05, 0.1) is 5.75 Å². The number of aromatic nitrogens is 4. The minimum Gasteiger partial charge on any atom is -0.231 e. The molecule has 0 aliphatic rings. The van der Waals surface area contributed by atoms with Gasteiger partial charge in [0.25, 0.3) is 0 Å². The van der Waals surface area contributed by atoms with Crippen molar-refractivity contribution in [2.75, 3.05) is 0 Å². The van der Waals surface area contributed by atoms with Crippen molar-refractivity contribution < 1.29 is 0 Å². The number of aryl methyl sites for hydroxylation is 1. The standard InChI is InChI=1S/C12H9ClN4S2/c1-7-2-4-14-12(15-7)19-6-9-16-10(13)8-3-5-18-11(8)17-9/h2-5H,6H2,1H3. The molecule has 3 aromatic rings. The lowest BCUT2D eigenvalue weighted by molar-refractivity contribution is 0.928. The molecule has 0 saturated carbocycles. The minimum atomic E-state index is 0.506. The Morgan fingerprint density at radius 3 is 3.00 bits per heavy atom. The first kappa shape index (κ1) is 12.8. The van der Waals surface area contributed by atoms with Gasteiger partial charge >= 0.3 is 0 Å². The Morgan fingerprint density at radius 2 is 2.16 bits per heavy atom. The van der Waals surface area contributed by atoms with E-state index in [1.54, 1.807) is 17.5 Å². The Morgan fingerprint density at radius 1 is 1.26 bits per heavy atom. The van der Waals surface area contributed by atoms with E-state index in [1.807, 2.05) is 24.4 Å². The topological polar surface area (TPSA) is 51.6 Å². The summed E-state index contributed by atoms with van der Waals surface area (Å²) in [6.07, 6.45) is 1.75. The number of rotatable bonds is 3. The van der Waals surface area contributed by atoms with Crippen LogP contribution in [0.2, 0.25) is 5.15 Å². The zero-order chi connectivity index (χ0) is 13.2. The van der Waals surface area contributed by atoms with Gasteiger partial charge in [-0.25, -0.2) is 19.9 Å². The fraction of sp³-hybridized carbons (Fsp3) is 0.167. The van der Waals surface area contributed by atoms with Crippen LogP contribution in [0, 0.1) is 6.92 Å². The predicted molar refractivity (Wildman–Crippen MR) is 78.8 cm³/mol. The van der Waals surface area contributed by atoms with Gasteiger partial charge in [-0.2, -0.15) is 0 Å². The molecular weight excluding hydrogens is 300 g/mol. The molecule has 0 spiro atoms. The average Bonchev–Trinajstić information content (AvgIpc) is 2.85. The zero-order valence-corrected chi connectivity index (χ0v) is 12.4. The smallest absolute Gasteiger partial charge is 0.188 e. The Bertz CT molecular complexity index is 729. The highest BCUT2D eigenvalue weighted by atomic mass is 35.5. The van der Waals surface area contributed by atoms with Crippen LogP contribution < -0.4 is 0 Å². The normalized spacial score (nSPS) is 11.1. The second-order valence-corrected chi connectivity index (χ2v) is 6.03. The minimum absolute atomic E-state index is 0.506. The molecule has 0 aromatic carbocycles. The van der Waals surface area contributed by atoms with E-state index in [0.29, 0.717) is 16.7 Å². The first-order chi connectivity index (χ1) is 9.22. The zero-order valence-electron chi connectivity index (χ0n) is 10.00. The van der Waals surface area contributed by atoms with E-state index in [0.717, 1.165) is 21.1 Å². The van der Waals surface area contributed by atoms with E-state index in [9.17, 15) is 0 Å². The van der Waals surface area contributed by atoms with Crippen LogP contribution >= 0.6 is 34.7 Å². The SMILES string of the molecule is Cc1ccnc(SCc2nc(Cl)c3ccsc3n2)n1. The third kappa shape index (κ3) is 2.86. The monoisotopic (exact) mass is 308 g/mol. The van der Waals surface area contributed by atoms with Gasteiger partial charge in [-0.05, 0) is 24.4 Å². The van der Waals surface area contributed by atoms with Gasteiger partial charge in [0.2, 0.25) is 0 Å². The summed E-state index contributed by atoms with van der Waals surface area (Å²) in [4.78, 5) is 18.2. The summed E-state index contributed by atoms with van der Waals surface area (Å²) in [5.74, 6) is 1.31. The van der Waals surface area contributed by atoms with Gasteiger partial charge < -0.3 is 0 Å². The van der Waals surface area contributed by atoms with Gasteiger partial charge in [-0.1, -0.05) is 23.4 Å². The Labute approximate surface area is 123 Å². The molecule has 3 aromatic heterocycles. The maximum atomic E-state index is 6.13. The van der Waals surface area contributed by atoms with Gasteiger partial charge in [0.15, 0.2) is 5.16 Å². The molecular formula is C12H9ClN4S2. The van der Waals surface area contributed by atoms with Crippen molar-refractivity contribution in [3.8, 4) is 0 Å². The Hall–Kier alpha value is -1.24. The number of nitrogens with zero attached hydrogens (tertiary/aromatic N) is 4. The van der Waals surface area contributed by atoms with E-state index in [2.05, 4.69) is 19.9 Å². The fourth-order valence-corrected chi connectivity index (χ4v) is 3.37. The summed E-state index contributed by atoms with van der Waals surface area (Å²) in [6, 6.07) is 3.80. The molecule has 0 saturated heterocycles. The van der Waals surface area contributed by atoms with Crippen molar-refractivity contribution in [3.05, 3.63) is 40.4 Å². The molecule has 96 valence electrons. The first-order valence-electron chi connectivity index (χ1n) is 5.54. The van der Waals surface area contributed by atoms with Crippen LogP contribution in [0.25, 0.3) is 10.2 Å². The lowest BCUT2D eigenvalue weighted by Gasteiger charge is -2.01. The van der Waals surface area contributed by atoms with Gasteiger partial charge in [0.1, 0.15) is 15.8 Å². The highest BCUT2D eigenvalue weighted by Gasteiger charge is 2.08. The largest absolute Gasteiger partial charge is 0.231 e. The maximum absolute atomic E-state index is 6.13. The maximum Gasteiger partial charge on any atom is 0.188 e. The van der Waals surface area contributed by atoms with Crippen molar-refractivity contribution in [1.29, 1.82) is 0 Å². The van der Waals surface area contributed by atoms with Crippen LogP contribution in [0.5, 0.6) is 0 Å². The van der Waals surface area contributed by atoms with E-state index in [4.69, 9.17) is 11.6 Å². The lowest BCUT2D eigenvalue weighted by Crippen LogP contribution is -1.95. The quantitative estimate of drug-likeness (QED) is 0.419. The lowest BCUT2D eigenvalue weighted by atomic mass is 10.4. The molecule has 0 radical (unpaired) electrons. The van der Waals surface area contributed by atoms with Crippen molar-refractivity contribution in [3.63, 3.8) is 0 Å². The molecule has 19 heavy (non-hydrogen) atoms. The molecule has 0 fully saturated rings. The average molecular weight is 309 g/mol. The van der Waals surface area contributed by atoms with Gasteiger partial charge in [-0.3, -0.25) is 0 Å². The van der Waals surface area contributed by atoms with Gasteiger partial charge in [0, 0.05) is 17.3 Å². The molecule has 0 N–H and O–H groups in total. The van der Waals surface area contributed by atoms with E-state index < -0.39 is 0 Å². The molecule has 3 heterocycles. The third-order valence-corrected chi connectivity index (χ3v) is 4.38. The number of hydrogen-bond acceptors (Lipinski definition) is 6. The predicted octanol–water partition coefficient (Wildman–Crippen LogP) is 3.74. The van der Waals surface area contributed by atoms with Crippen LogP contribution in [-0.2, 0) is 5.75 Å². The molecule has 0 aliphatic heterocycles. The summed E-state index contributed by atoms with van der Waals surface area (Å²) < 4.78 is 0. The summed E-state index contributed by atoms with van der Waals surface area (Å²) in [5, 5.41) is 4.11. The molecule has 7 heteroatoms. The van der Waals surface area contributed by atoms with Crippen LogP contribution in [0.3, 0.4) is 0 Å². The summed E-state index contributed by atoms with van der Waals surface area (Å²) >= 11 is 9.20. The summed E-state index contributed by atoms with van der Waals surface area (Å²) in [7, 11) is 0. The Balaban J connectivity index is 1.81. The number of hydrogen-bond donors (Lipinski definition) is 0. The van der Waals surface area contributed by atoms with Crippen molar-refractivity contribution in [1.82, 2.24) is 19.9 Å². The summed E-state index contributed by atoms with van der Waals surface area (Å²) in [5.41, 5.74) is 0.949. The molecule has 0 aliphatic carbocycles. The number of fused-ring (bicyclic) bond motifs is 1. The van der Waals surface area contributed by atoms with E-state index in [-0.39, 0.29) is 0 Å². The second kappa shape index (κ2) is 5.40. The fourth-order valence-electron chi connectivity index (χ4n) is 1.55. The molecule has 3 rings (SSSR count). The van der Waals surface area contributed by atoms with E-state index in [1.165, 1.54) is 11.8 Å². The van der Waals surface area contributed by atoms with Crippen molar-refractivity contribution >= 4 is 44.9 Å². The van der Waals surface area contributed by atoms with Crippen molar-refractivity contribution in [2.24, 2.45) is 0 Å². The molecule has 0 unspecified atom stereocenters. The molecule has 0 bridgehead atoms. The third-order valence-electron chi connectivity index (χ3n) is 2.43. The first-order valence-corrected chi connectivity index (χ1v) is 7.79. The van der Waals surface area contributed by atoms with Crippen LogP contribution in [0.15, 0.2) is 28.9 Å². The van der Waals surface area contributed by atoms with Gasteiger partial charge in [-0.15, -0.1) is 11.3 Å². The number of halogens is 1. The second-order valence-electron chi connectivity index (χ2n) is 3.84. The molecule has 0 atom stereocenters. The van der Waals surface area contributed by atoms with Crippen molar-refractivity contribution in [2.45, 2.75) is 17.8 Å². The number of thioether (sulfide) groups is 1. The van der Waals surface area contributed by atoms with Crippen LogP contribution in [0.4, 0.5) is 0 Å². The van der Waals surface area contributed by atoms with Crippen LogP contribution in [0.1, 0.15) is 11.5 Å².